The fraction of sp³-hybridized carbons (Fsp3) is 0. The first-order chi connectivity index (χ1) is 8.20. The van der Waals surface area contributed by atoms with Crippen molar-refractivity contribution in [3.8, 4) is 0 Å². The molecule has 1 aromatic heterocycles. The molecule has 18 heavy (non-hydrogen) atoms. The fourth-order valence-electron chi connectivity index (χ4n) is 0.205. The molecule has 12 heteroatoms. The second-order valence-electron chi connectivity index (χ2n) is 1.83. The number of amides is 3. The van der Waals surface area contributed by atoms with E-state index >= 15 is 0 Å². The predicted octanol–water partition coefficient (Wildman–Crippen LogP) is -1.26. The Bertz CT molecular complexity index is 265. The maximum atomic E-state index is 8.78. The van der Waals surface area contributed by atoms with Crippen molar-refractivity contribution in [1.29, 1.82) is 0 Å². The number of aromatic nitrogens is 3. The molecule has 9 N–H and O–H groups in total. The Kier molecular flexibility index (Phi) is 18.3. The van der Waals surface area contributed by atoms with Gasteiger partial charge in [0, 0.05) is 0 Å². The van der Waals surface area contributed by atoms with E-state index in [1.54, 1.807) is 18.5 Å². The Balaban J connectivity index is -0.000000171. The molecule has 1 aromatic rings. The van der Waals surface area contributed by atoms with Gasteiger partial charge in [0.25, 0.3) is 0 Å². The highest BCUT2D eigenvalue weighted by molar-refractivity contribution is 5.62. The van der Waals surface area contributed by atoms with Crippen molar-refractivity contribution in [3.05, 3.63) is 18.5 Å². The molecule has 1 rings (SSSR count). The molecule has 0 unspecified atom stereocenters. The molecule has 0 radical (unpaired) electrons. The zero-order valence-corrected chi connectivity index (χ0v) is 8.87. The highest BCUT2D eigenvalue weighted by Gasteiger charge is 1.66. The molecule has 0 aliphatic heterocycles. The minimum atomic E-state index is -1.33. The zero-order chi connectivity index (χ0) is 15.0. The predicted molar refractivity (Wildman–Crippen MR) is 56.5 cm³/mol. The van der Waals surface area contributed by atoms with Crippen LogP contribution in [-0.4, -0.2) is 49.0 Å². The maximum Gasteiger partial charge on any atom is 0.402 e. The molecule has 3 amide bonds. The largest absolute Gasteiger partial charge is 0.465 e. The van der Waals surface area contributed by atoms with Gasteiger partial charge in [-0.2, -0.15) is 0 Å². The van der Waals surface area contributed by atoms with Gasteiger partial charge in [0.1, 0.15) is 0 Å². The monoisotopic (exact) mass is 264 g/mol. The molecule has 0 saturated heterocycles. The summed E-state index contributed by atoms with van der Waals surface area (Å²) >= 11 is 0. The highest BCUT2D eigenvalue weighted by atomic mass is 16.4. The Hall–Kier alpha value is -3.18. The summed E-state index contributed by atoms with van der Waals surface area (Å²) in [4.78, 5) is 26.3. The van der Waals surface area contributed by atoms with Gasteiger partial charge in [-0.1, -0.05) is 0 Å². The van der Waals surface area contributed by atoms with E-state index in [1.165, 1.54) is 0 Å². The lowest BCUT2D eigenvalue weighted by molar-refractivity contribution is 0.204. The molecular weight excluding hydrogens is 252 g/mol. The lowest BCUT2D eigenvalue weighted by Gasteiger charge is -1.68. The van der Waals surface area contributed by atoms with Crippen LogP contribution in [0.1, 0.15) is 0 Å². The molecule has 0 aromatic carbocycles. The quantitative estimate of drug-likeness (QED) is 0.327. The molecule has 1 heterocycles. The van der Waals surface area contributed by atoms with Crippen molar-refractivity contribution in [2.75, 3.05) is 0 Å². The molecule has 0 spiro atoms. The van der Waals surface area contributed by atoms with Crippen molar-refractivity contribution in [3.63, 3.8) is 0 Å². The maximum absolute atomic E-state index is 8.78. The normalized spacial score (nSPS) is 6.67. The molecule has 0 atom stereocenters. The molecule has 0 fully saturated rings. The van der Waals surface area contributed by atoms with Crippen molar-refractivity contribution in [2.45, 2.75) is 0 Å². The molecule has 0 bridgehead atoms. The van der Waals surface area contributed by atoms with E-state index in [9.17, 15) is 0 Å². The van der Waals surface area contributed by atoms with Gasteiger partial charge in [0.2, 0.25) is 0 Å². The first-order valence-electron chi connectivity index (χ1n) is 3.73. The van der Waals surface area contributed by atoms with Crippen LogP contribution in [0.5, 0.6) is 0 Å². The van der Waals surface area contributed by atoms with Crippen LogP contribution in [0.4, 0.5) is 14.4 Å². The molecule has 0 aliphatic carbocycles. The van der Waals surface area contributed by atoms with Gasteiger partial charge in [-0.05, 0) is 11.3 Å². The summed E-state index contributed by atoms with van der Waals surface area (Å²) in [5.74, 6) is 0. The number of rotatable bonds is 0. The van der Waals surface area contributed by atoms with Crippen molar-refractivity contribution >= 4 is 18.3 Å². The third-order valence-corrected chi connectivity index (χ3v) is 0.409. The van der Waals surface area contributed by atoms with Gasteiger partial charge in [0.05, 0.1) is 12.4 Å². The van der Waals surface area contributed by atoms with Crippen LogP contribution in [0.25, 0.3) is 0 Å². The third kappa shape index (κ3) is 225. The van der Waals surface area contributed by atoms with Crippen LogP contribution >= 0.6 is 0 Å². The van der Waals surface area contributed by atoms with Crippen molar-refractivity contribution < 1.29 is 29.7 Å². The highest BCUT2D eigenvalue weighted by Crippen LogP contribution is 1.61. The number of primary amides is 3. The number of nitrogens with two attached hydrogens (primary N) is 3. The number of carboxylic acid groups (broad SMARTS) is 3. The van der Waals surface area contributed by atoms with Gasteiger partial charge in [-0.3, -0.25) is 0 Å². The molecular formula is C6H12N6O6. The van der Waals surface area contributed by atoms with Crippen LogP contribution in [0.3, 0.4) is 0 Å². The average Bonchev–Trinajstić information content (AvgIpc) is 2.17. The third-order valence-electron chi connectivity index (χ3n) is 0.409. The second-order valence-corrected chi connectivity index (χ2v) is 1.83. The Morgan fingerprint density at radius 2 is 1.00 bits per heavy atom. The number of nitrogens with zero attached hydrogens (tertiary/aromatic N) is 3. The first kappa shape index (κ1) is 20.3. The molecule has 0 saturated carbocycles. The van der Waals surface area contributed by atoms with Crippen LogP contribution in [0.2, 0.25) is 0 Å². The second kappa shape index (κ2) is 16.3. The Labute approximate surface area is 100 Å². The van der Waals surface area contributed by atoms with Crippen molar-refractivity contribution in [1.82, 2.24) is 15.4 Å². The summed E-state index contributed by atoms with van der Waals surface area (Å²) < 4.78 is 0. The number of hydrogen-bond donors (Lipinski definition) is 6. The number of carbonyl (C=O) groups is 3. The SMILES string of the molecule is NC(=O)O.NC(=O)O.NC(=O)O.c1cnnnc1. The first-order valence-corrected chi connectivity index (χ1v) is 3.73. The molecule has 0 aliphatic rings. The molecule has 12 nitrogen and oxygen atoms in total. The van der Waals surface area contributed by atoms with Gasteiger partial charge >= 0.3 is 18.3 Å². The zero-order valence-electron chi connectivity index (χ0n) is 8.87. The summed E-state index contributed by atoms with van der Waals surface area (Å²) in [6.07, 6.45) is -0.847. The smallest absolute Gasteiger partial charge is 0.402 e. The summed E-state index contributed by atoms with van der Waals surface area (Å²) in [5.41, 5.74) is 12.1. The van der Waals surface area contributed by atoms with E-state index in [1.807, 2.05) is 0 Å². The summed E-state index contributed by atoms with van der Waals surface area (Å²) in [6, 6.07) is 1.72. The molecule has 102 valence electrons. The fourth-order valence-corrected chi connectivity index (χ4v) is 0.205. The minimum Gasteiger partial charge on any atom is -0.465 e. The van der Waals surface area contributed by atoms with E-state index in [4.69, 9.17) is 29.7 Å². The van der Waals surface area contributed by atoms with Crippen LogP contribution in [-0.2, 0) is 0 Å². The van der Waals surface area contributed by atoms with E-state index < -0.39 is 18.3 Å². The van der Waals surface area contributed by atoms with E-state index in [-0.39, 0.29) is 0 Å². The summed E-state index contributed by atoms with van der Waals surface area (Å²) in [6.45, 7) is 0. The van der Waals surface area contributed by atoms with Gasteiger partial charge < -0.3 is 32.5 Å². The van der Waals surface area contributed by atoms with Gasteiger partial charge in [-0.15, -0.1) is 10.2 Å². The van der Waals surface area contributed by atoms with Crippen LogP contribution in [0.15, 0.2) is 18.5 Å². The summed E-state index contributed by atoms with van der Waals surface area (Å²) in [5, 5.41) is 31.7. The van der Waals surface area contributed by atoms with Gasteiger partial charge in [0.15, 0.2) is 0 Å². The van der Waals surface area contributed by atoms with E-state index in [0.29, 0.717) is 0 Å². The van der Waals surface area contributed by atoms with Crippen LogP contribution < -0.4 is 17.2 Å². The lowest BCUT2D eigenvalue weighted by atomic mass is 10.7. The summed E-state index contributed by atoms with van der Waals surface area (Å²) in [7, 11) is 0. The standard InChI is InChI=1S/C3H3N3.3CH3NO2/c1-2-4-6-5-3-1;3*2-1(3)4/h1-3H;3*2H2,(H,3,4). The van der Waals surface area contributed by atoms with E-state index in [0.717, 1.165) is 0 Å². The van der Waals surface area contributed by atoms with E-state index in [2.05, 4.69) is 32.6 Å². The van der Waals surface area contributed by atoms with Crippen molar-refractivity contribution in [2.24, 2.45) is 17.2 Å². The number of hydrogen-bond acceptors (Lipinski definition) is 6. The van der Waals surface area contributed by atoms with Gasteiger partial charge in [-0.25, -0.2) is 14.4 Å². The lowest BCUT2D eigenvalue weighted by Crippen LogP contribution is -2.03. The Morgan fingerprint density at radius 3 is 1.06 bits per heavy atom. The van der Waals surface area contributed by atoms with Crippen LogP contribution in [0, 0.1) is 0 Å². The Morgan fingerprint density at radius 1 is 0.778 bits per heavy atom. The topological polar surface area (TPSA) is 229 Å². The average molecular weight is 264 g/mol. The minimum absolute atomic E-state index is 1.33.